The van der Waals surface area contributed by atoms with Gasteiger partial charge in [0.1, 0.15) is 6.61 Å². The van der Waals surface area contributed by atoms with Crippen LogP contribution in [0, 0.1) is 0 Å². The van der Waals surface area contributed by atoms with Crippen molar-refractivity contribution in [2.75, 3.05) is 0 Å². The van der Waals surface area contributed by atoms with Gasteiger partial charge in [0.15, 0.2) is 0 Å². The van der Waals surface area contributed by atoms with Crippen molar-refractivity contribution in [3.8, 4) is 0 Å². The molecule has 2 rings (SSSR count). The Kier molecular flexibility index (Phi) is 2.61. The van der Waals surface area contributed by atoms with Crippen LogP contribution in [0.5, 0.6) is 0 Å². The third-order valence-electron chi connectivity index (χ3n) is 2.16. The molecule has 4 nitrogen and oxygen atoms in total. The standard InChI is InChI=1S/C8H11NO3S2/c9-14(10,11)12-5-7-4-6-2-1-3-8(6)13-7/h4H,1-3,5H2,(H2,9,10,11). The lowest BCUT2D eigenvalue weighted by Crippen LogP contribution is -2.15. The average molecular weight is 233 g/mol. The summed E-state index contributed by atoms with van der Waals surface area (Å²) in [6.07, 6.45) is 3.41. The number of fused-ring (bicyclic) bond motifs is 1. The molecule has 0 aromatic carbocycles. The van der Waals surface area contributed by atoms with E-state index in [1.54, 1.807) is 11.3 Å². The smallest absolute Gasteiger partial charge is 0.253 e. The summed E-state index contributed by atoms with van der Waals surface area (Å²) >= 11 is 1.62. The number of thiophene rings is 1. The van der Waals surface area contributed by atoms with Crippen molar-refractivity contribution in [2.45, 2.75) is 25.9 Å². The number of aryl methyl sites for hydroxylation is 2. The van der Waals surface area contributed by atoms with Crippen LogP contribution in [0.15, 0.2) is 6.07 Å². The Hall–Kier alpha value is -0.430. The van der Waals surface area contributed by atoms with E-state index in [9.17, 15) is 8.42 Å². The second-order valence-electron chi connectivity index (χ2n) is 3.27. The maximum absolute atomic E-state index is 10.5. The first-order chi connectivity index (χ1) is 6.54. The molecule has 1 aromatic rings. The maximum Gasteiger partial charge on any atom is 0.333 e. The predicted molar refractivity (Wildman–Crippen MR) is 54.2 cm³/mol. The van der Waals surface area contributed by atoms with E-state index in [0.29, 0.717) is 0 Å². The van der Waals surface area contributed by atoms with Gasteiger partial charge in [0.25, 0.3) is 0 Å². The normalized spacial score (nSPS) is 15.8. The lowest BCUT2D eigenvalue weighted by Gasteiger charge is -1.97. The van der Waals surface area contributed by atoms with Crippen molar-refractivity contribution in [2.24, 2.45) is 5.14 Å². The maximum atomic E-state index is 10.5. The minimum Gasteiger partial charge on any atom is -0.253 e. The molecule has 0 spiro atoms. The van der Waals surface area contributed by atoms with E-state index in [1.807, 2.05) is 6.07 Å². The highest BCUT2D eigenvalue weighted by Gasteiger charge is 2.15. The molecule has 0 aliphatic heterocycles. The molecule has 0 fully saturated rings. The average Bonchev–Trinajstić information content (AvgIpc) is 2.56. The summed E-state index contributed by atoms with van der Waals surface area (Å²) in [6.45, 7) is 0.0660. The van der Waals surface area contributed by atoms with Crippen LogP contribution < -0.4 is 5.14 Å². The van der Waals surface area contributed by atoms with Crippen molar-refractivity contribution in [3.63, 3.8) is 0 Å². The SMILES string of the molecule is NS(=O)(=O)OCc1cc2c(s1)CCC2. The van der Waals surface area contributed by atoms with Gasteiger partial charge in [0.2, 0.25) is 0 Å². The van der Waals surface area contributed by atoms with Crippen LogP contribution in [-0.4, -0.2) is 8.42 Å². The van der Waals surface area contributed by atoms with Crippen molar-refractivity contribution in [1.29, 1.82) is 0 Å². The molecule has 1 aliphatic rings. The highest BCUT2D eigenvalue weighted by atomic mass is 32.2. The molecule has 0 unspecified atom stereocenters. The zero-order chi connectivity index (χ0) is 10.2. The van der Waals surface area contributed by atoms with Crippen molar-refractivity contribution < 1.29 is 12.6 Å². The molecule has 0 atom stereocenters. The minimum absolute atomic E-state index is 0.0660. The molecule has 2 N–H and O–H groups in total. The fourth-order valence-corrected chi connectivity index (χ4v) is 3.14. The Labute approximate surface area is 86.9 Å². The first-order valence-electron chi connectivity index (χ1n) is 4.32. The number of nitrogens with two attached hydrogens (primary N) is 1. The zero-order valence-corrected chi connectivity index (χ0v) is 9.16. The highest BCUT2D eigenvalue weighted by Crippen LogP contribution is 2.30. The van der Waals surface area contributed by atoms with Crippen LogP contribution >= 0.6 is 11.3 Å². The van der Waals surface area contributed by atoms with Gasteiger partial charge in [-0.25, -0.2) is 5.14 Å². The fraction of sp³-hybridized carbons (Fsp3) is 0.500. The largest absolute Gasteiger partial charge is 0.333 e. The third-order valence-corrected chi connectivity index (χ3v) is 3.82. The van der Waals surface area contributed by atoms with Crippen LogP contribution in [-0.2, 0) is 33.9 Å². The van der Waals surface area contributed by atoms with Crippen LogP contribution in [0.1, 0.15) is 21.7 Å². The summed E-state index contributed by atoms with van der Waals surface area (Å²) in [5, 5.41) is 4.73. The monoisotopic (exact) mass is 233 g/mol. The van der Waals surface area contributed by atoms with E-state index in [0.717, 1.165) is 17.7 Å². The summed E-state index contributed by atoms with van der Waals surface area (Å²) in [5.41, 5.74) is 1.34. The molecule has 1 aromatic heterocycles. The topological polar surface area (TPSA) is 69.4 Å². The van der Waals surface area contributed by atoms with Crippen LogP contribution in [0.2, 0.25) is 0 Å². The quantitative estimate of drug-likeness (QED) is 0.845. The van der Waals surface area contributed by atoms with Crippen molar-refractivity contribution in [1.82, 2.24) is 0 Å². The van der Waals surface area contributed by atoms with E-state index in [2.05, 4.69) is 4.18 Å². The first-order valence-corrected chi connectivity index (χ1v) is 6.61. The van der Waals surface area contributed by atoms with Gasteiger partial charge in [-0.2, -0.15) is 8.42 Å². The number of hydrogen-bond donors (Lipinski definition) is 1. The van der Waals surface area contributed by atoms with Crippen LogP contribution in [0.25, 0.3) is 0 Å². The van der Waals surface area contributed by atoms with E-state index in [-0.39, 0.29) is 6.61 Å². The van der Waals surface area contributed by atoms with Gasteiger partial charge in [0.05, 0.1) is 0 Å². The molecular weight excluding hydrogens is 222 g/mol. The Morgan fingerprint density at radius 1 is 1.50 bits per heavy atom. The van der Waals surface area contributed by atoms with Gasteiger partial charge in [-0.05, 0) is 30.9 Å². The predicted octanol–water partition coefficient (Wildman–Crippen LogP) is 0.957. The Morgan fingerprint density at radius 3 is 2.93 bits per heavy atom. The first kappa shape index (κ1) is 10.1. The van der Waals surface area contributed by atoms with Gasteiger partial charge in [0, 0.05) is 9.75 Å². The molecule has 0 radical (unpaired) electrons. The van der Waals surface area contributed by atoms with Gasteiger partial charge in [-0.15, -0.1) is 11.3 Å². The highest BCUT2D eigenvalue weighted by molar-refractivity contribution is 7.84. The van der Waals surface area contributed by atoms with E-state index in [4.69, 9.17) is 5.14 Å². The fourth-order valence-electron chi connectivity index (χ4n) is 1.60. The van der Waals surface area contributed by atoms with Gasteiger partial charge >= 0.3 is 10.3 Å². The summed E-state index contributed by atoms with van der Waals surface area (Å²) in [4.78, 5) is 2.29. The second-order valence-corrected chi connectivity index (χ2v) is 5.71. The Bertz CT molecular complexity index is 414. The summed E-state index contributed by atoms with van der Waals surface area (Å²) in [5.74, 6) is 0. The Morgan fingerprint density at radius 2 is 2.29 bits per heavy atom. The van der Waals surface area contributed by atoms with Crippen molar-refractivity contribution in [3.05, 3.63) is 21.4 Å². The molecule has 0 saturated heterocycles. The van der Waals surface area contributed by atoms with Gasteiger partial charge in [-0.3, -0.25) is 4.18 Å². The lowest BCUT2D eigenvalue weighted by atomic mass is 10.2. The summed E-state index contributed by atoms with van der Waals surface area (Å²) in [6, 6.07) is 2.01. The molecule has 0 saturated carbocycles. The second kappa shape index (κ2) is 3.62. The number of rotatable bonds is 3. The molecule has 0 amide bonds. The molecule has 14 heavy (non-hydrogen) atoms. The molecule has 6 heteroatoms. The Balaban J connectivity index is 2.05. The third kappa shape index (κ3) is 2.33. The molecule has 1 aliphatic carbocycles. The molecule has 0 bridgehead atoms. The summed E-state index contributed by atoms with van der Waals surface area (Å²) < 4.78 is 25.6. The molecule has 1 heterocycles. The van der Waals surface area contributed by atoms with E-state index in [1.165, 1.54) is 16.9 Å². The van der Waals surface area contributed by atoms with Crippen molar-refractivity contribution >= 4 is 21.6 Å². The van der Waals surface area contributed by atoms with Gasteiger partial charge < -0.3 is 0 Å². The molecular formula is C8H11NO3S2. The van der Waals surface area contributed by atoms with E-state index < -0.39 is 10.3 Å². The minimum atomic E-state index is -3.81. The van der Waals surface area contributed by atoms with Crippen LogP contribution in [0.4, 0.5) is 0 Å². The zero-order valence-electron chi connectivity index (χ0n) is 7.52. The summed E-state index contributed by atoms with van der Waals surface area (Å²) in [7, 11) is -3.81. The number of hydrogen-bond acceptors (Lipinski definition) is 4. The van der Waals surface area contributed by atoms with E-state index >= 15 is 0 Å². The van der Waals surface area contributed by atoms with Gasteiger partial charge in [-0.1, -0.05) is 0 Å². The lowest BCUT2D eigenvalue weighted by molar-refractivity contribution is 0.312. The van der Waals surface area contributed by atoms with Crippen LogP contribution in [0.3, 0.4) is 0 Å². The molecule has 78 valence electrons.